The molecule has 0 radical (unpaired) electrons. The van der Waals surface area contributed by atoms with E-state index >= 15 is 0 Å². The molecule has 1 unspecified atom stereocenters. The molecule has 170 valence electrons. The number of hydrogen-bond donors (Lipinski definition) is 2. The second-order valence-corrected chi connectivity index (χ2v) is 7.74. The Morgan fingerprint density at radius 2 is 1.17 bits per heavy atom. The molecule has 0 aromatic rings. The van der Waals surface area contributed by atoms with Gasteiger partial charge in [-0.1, -0.05) is 6.42 Å². The van der Waals surface area contributed by atoms with E-state index in [1.165, 1.54) is 0 Å². The molecule has 0 saturated carbocycles. The van der Waals surface area contributed by atoms with Gasteiger partial charge in [0.1, 0.15) is 0 Å². The Labute approximate surface area is 174 Å². The molecule has 2 rings (SSSR count). The molecule has 2 saturated heterocycles. The van der Waals surface area contributed by atoms with Gasteiger partial charge >= 0.3 is 35.6 Å². The molecule has 1 atom stereocenters. The first-order valence-electron chi connectivity index (χ1n) is 10.4. The highest BCUT2D eigenvalue weighted by Gasteiger charge is 2.65. The number of aliphatic hydroxyl groups is 2. The third-order valence-electron chi connectivity index (χ3n) is 4.94. The van der Waals surface area contributed by atoms with Crippen LogP contribution in [0.3, 0.4) is 0 Å². The smallest absolute Gasteiger partial charge is 0.412 e. The van der Waals surface area contributed by atoms with E-state index in [4.69, 9.17) is 18.9 Å². The number of rotatable bonds is 6. The zero-order valence-corrected chi connectivity index (χ0v) is 17.2. The summed E-state index contributed by atoms with van der Waals surface area (Å²) in [7, 11) is 0. The van der Waals surface area contributed by atoms with Crippen LogP contribution in [0.25, 0.3) is 0 Å². The lowest BCUT2D eigenvalue weighted by atomic mass is 10.0. The fraction of sp³-hybridized carbons (Fsp3) is 0.800. The fourth-order valence-electron chi connectivity index (χ4n) is 3.34. The van der Waals surface area contributed by atoms with Crippen LogP contribution in [-0.4, -0.2) is 52.0 Å². The second-order valence-electron chi connectivity index (χ2n) is 7.74. The molecule has 30 heavy (non-hydrogen) atoms. The van der Waals surface area contributed by atoms with E-state index in [1.807, 2.05) is 0 Å². The third-order valence-corrected chi connectivity index (χ3v) is 4.94. The van der Waals surface area contributed by atoms with Crippen molar-refractivity contribution in [2.45, 2.75) is 102 Å². The van der Waals surface area contributed by atoms with Crippen LogP contribution in [0.15, 0.2) is 0 Å². The minimum absolute atomic E-state index is 0.0516. The largest absolute Gasteiger partial charge is 0.456 e. The van der Waals surface area contributed by atoms with Gasteiger partial charge in [0.25, 0.3) is 0 Å². The van der Waals surface area contributed by atoms with E-state index < -0.39 is 41.7 Å². The predicted molar refractivity (Wildman–Crippen MR) is 99.1 cm³/mol. The molecular weight excluding hydrogens is 400 g/mol. The number of cyclic esters (lactones) is 4. The summed E-state index contributed by atoms with van der Waals surface area (Å²) in [4.78, 5) is 49.2. The fourth-order valence-corrected chi connectivity index (χ4v) is 3.34. The van der Waals surface area contributed by atoms with Crippen molar-refractivity contribution < 1.29 is 48.3 Å². The number of carbonyl (C=O) groups excluding carboxylic acids is 4. The van der Waals surface area contributed by atoms with Crippen LogP contribution in [0.4, 0.5) is 0 Å². The predicted octanol–water partition coefficient (Wildman–Crippen LogP) is 1.59. The maximum atomic E-state index is 12.4. The minimum atomic E-state index is -3.12. The van der Waals surface area contributed by atoms with Crippen molar-refractivity contribution in [1.29, 1.82) is 0 Å². The van der Waals surface area contributed by atoms with Gasteiger partial charge in [-0.3, -0.25) is 19.2 Å². The van der Waals surface area contributed by atoms with E-state index in [1.54, 1.807) is 6.92 Å². The summed E-state index contributed by atoms with van der Waals surface area (Å²) >= 11 is 0. The molecule has 2 aliphatic rings. The first-order valence-corrected chi connectivity index (χ1v) is 10.4. The van der Waals surface area contributed by atoms with Gasteiger partial charge in [0.05, 0.1) is 6.10 Å². The molecule has 0 amide bonds. The lowest BCUT2D eigenvalue weighted by Crippen LogP contribution is -2.63. The monoisotopic (exact) mass is 430 g/mol. The Morgan fingerprint density at radius 1 is 0.767 bits per heavy atom. The summed E-state index contributed by atoms with van der Waals surface area (Å²) in [6.45, 7) is 1.60. The Bertz CT molecular complexity index is 601. The summed E-state index contributed by atoms with van der Waals surface area (Å²) in [5, 5.41) is 20.6. The quantitative estimate of drug-likeness (QED) is 0.470. The molecule has 10 nitrogen and oxygen atoms in total. The van der Waals surface area contributed by atoms with E-state index in [9.17, 15) is 29.4 Å². The summed E-state index contributed by atoms with van der Waals surface area (Å²) in [6.07, 6.45) is 1.26. The zero-order chi connectivity index (χ0) is 22.2. The first kappa shape index (κ1) is 24.1. The molecule has 0 spiro atoms. The first-order chi connectivity index (χ1) is 14.2. The topological polar surface area (TPSA) is 146 Å². The standard InChI is InChI=1S/C20H30O10/c1-14(21)8-6-7-13-19(27-15(22)9-2-3-10-16(23)28-19)20(26)29-17(24)11-4-5-12-18(25)30-20/h14,21,26H,2-13H2,1H3. The maximum Gasteiger partial charge on any atom is 0.456 e. The normalized spacial score (nSPS) is 23.7. The van der Waals surface area contributed by atoms with Gasteiger partial charge in [0.15, 0.2) is 0 Å². The molecule has 0 aromatic heterocycles. The Balaban J connectivity index is 2.43. The summed E-state index contributed by atoms with van der Waals surface area (Å²) in [6, 6.07) is 0. The molecule has 0 aromatic carbocycles. The minimum Gasteiger partial charge on any atom is -0.412 e. The lowest BCUT2D eigenvalue weighted by molar-refractivity contribution is -0.443. The van der Waals surface area contributed by atoms with Crippen molar-refractivity contribution in [3.63, 3.8) is 0 Å². The molecule has 0 aliphatic carbocycles. The van der Waals surface area contributed by atoms with Crippen LogP contribution in [-0.2, 0) is 38.1 Å². The average molecular weight is 430 g/mol. The van der Waals surface area contributed by atoms with Gasteiger partial charge in [-0.25, -0.2) is 0 Å². The molecule has 2 fully saturated rings. The number of ether oxygens (including phenoxy) is 4. The maximum absolute atomic E-state index is 12.4. The van der Waals surface area contributed by atoms with Gasteiger partial charge < -0.3 is 29.2 Å². The van der Waals surface area contributed by atoms with E-state index in [-0.39, 0.29) is 38.5 Å². The Hall–Kier alpha value is -2.20. The zero-order valence-electron chi connectivity index (χ0n) is 17.2. The molecule has 10 heteroatoms. The van der Waals surface area contributed by atoms with Gasteiger partial charge in [0.2, 0.25) is 0 Å². The summed E-state index contributed by atoms with van der Waals surface area (Å²) in [5.74, 6) is -9.02. The van der Waals surface area contributed by atoms with Crippen molar-refractivity contribution in [3.8, 4) is 0 Å². The van der Waals surface area contributed by atoms with Crippen LogP contribution in [0, 0.1) is 0 Å². The van der Waals surface area contributed by atoms with Gasteiger partial charge in [-0.15, -0.1) is 0 Å². The van der Waals surface area contributed by atoms with Crippen molar-refractivity contribution >= 4 is 23.9 Å². The molecule has 2 aliphatic heterocycles. The van der Waals surface area contributed by atoms with Crippen LogP contribution in [0.2, 0.25) is 0 Å². The second kappa shape index (κ2) is 10.7. The highest BCUT2D eigenvalue weighted by atomic mass is 16.9. The number of esters is 4. The Morgan fingerprint density at radius 3 is 1.57 bits per heavy atom. The van der Waals surface area contributed by atoms with Crippen LogP contribution in [0.1, 0.15) is 84.0 Å². The number of carbonyl (C=O) groups is 4. The van der Waals surface area contributed by atoms with Crippen molar-refractivity contribution in [1.82, 2.24) is 0 Å². The SMILES string of the molecule is CC(O)CCCCC1(C2(O)OC(=O)CCCCC(=O)O2)OC(=O)CCCCC(=O)O1. The third kappa shape index (κ3) is 6.66. The molecular formula is C20H30O10. The van der Waals surface area contributed by atoms with Crippen LogP contribution < -0.4 is 0 Å². The number of hydrogen-bond acceptors (Lipinski definition) is 10. The highest BCUT2D eigenvalue weighted by Crippen LogP contribution is 2.39. The van der Waals surface area contributed by atoms with Crippen LogP contribution in [0.5, 0.6) is 0 Å². The van der Waals surface area contributed by atoms with E-state index in [0.717, 1.165) is 0 Å². The molecule has 2 heterocycles. The molecule has 0 bridgehead atoms. The van der Waals surface area contributed by atoms with E-state index in [0.29, 0.717) is 38.5 Å². The van der Waals surface area contributed by atoms with Gasteiger partial charge in [0, 0.05) is 32.1 Å². The van der Waals surface area contributed by atoms with Crippen molar-refractivity contribution in [3.05, 3.63) is 0 Å². The Kier molecular flexibility index (Phi) is 8.60. The summed E-state index contributed by atoms with van der Waals surface area (Å²) in [5.41, 5.74) is 0. The van der Waals surface area contributed by atoms with Crippen LogP contribution >= 0.6 is 0 Å². The lowest BCUT2D eigenvalue weighted by Gasteiger charge is -2.41. The van der Waals surface area contributed by atoms with Crippen molar-refractivity contribution in [2.24, 2.45) is 0 Å². The van der Waals surface area contributed by atoms with E-state index in [2.05, 4.69) is 0 Å². The van der Waals surface area contributed by atoms with Gasteiger partial charge in [-0.05, 0) is 45.4 Å². The molecule has 2 N–H and O–H groups in total. The number of unbranched alkanes of at least 4 members (excludes halogenated alkanes) is 1. The number of aliphatic hydroxyl groups excluding tert-OH is 1. The van der Waals surface area contributed by atoms with Gasteiger partial charge in [-0.2, -0.15) is 0 Å². The summed E-state index contributed by atoms with van der Waals surface area (Å²) < 4.78 is 20.8. The van der Waals surface area contributed by atoms with Crippen molar-refractivity contribution in [2.75, 3.05) is 0 Å². The average Bonchev–Trinajstić information content (AvgIpc) is 2.76. The highest BCUT2D eigenvalue weighted by molar-refractivity contribution is 5.75.